The number of benzene rings is 1. The van der Waals surface area contributed by atoms with Crippen LogP contribution >= 0.6 is 0 Å². The van der Waals surface area contributed by atoms with Crippen molar-refractivity contribution in [3.8, 4) is 5.75 Å². The summed E-state index contributed by atoms with van der Waals surface area (Å²) in [6.45, 7) is 3.28. The smallest absolute Gasteiger partial charge is 0.310 e. The van der Waals surface area contributed by atoms with Crippen molar-refractivity contribution >= 4 is 17.3 Å². The highest BCUT2D eigenvalue weighted by molar-refractivity contribution is 6.02. The minimum Gasteiger partial charge on any atom is -0.479 e. The molecule has 1 amide bonds. The van der Waals surface area contributed by atoms with E-state index in [1.807, 2.05) is 17.8 Å². The lowest BCUT2D eigenvalue weighted by Crippen LogP contribution is -2.10. The van der Waals surface area contributed by atoms with Crippen molar-refractivity contribution in [3.63, 3.8) is 0 Å². The summed E-state index contributed by atoms with van der Waals surface area (Å²) < 4.78 is 14.5. The number of para-hydroxylation sites is 2. The number of carbonyl (C=O) groups is 1. The number of rotatable bonds is 9. The van der Waals surface area contributed by atoms with Gasteiger partial charge < -0.3 is 14.5 Å². The van der Waals surface area contributed by atoms with Gasteiger partial charge in [-0.25, -0.2) is 0 Å². The molecule has 0 aliphatic rings. The lowest BCUT2D eigenvalue weighted by Gasteiger charge is -2.04. The van der Waals surface area contributed by atoms with E-state index >= 15 is 0 Å². The Morgan fingerprint density at radius 2 is 1.97 bits per heavy atom. The molecule has 0 saturated heterocycles. The Hall–Kier alpha value is -4.41. The lowest BCUT2D eigenvalue weighted by atomic mass is 10.3. The van der Waals surface area contributed by atoms with Crippen molar-refractivity contribution < 1.29 is 18.9 Å². The Morgan fingerprint density at radius 1 is 1.16 bits per heavy atom. The summed E-state index contributed by atoms with van der Waals surface area (Å²) in [5.74, 6) is 0.122. The Bertz CT molecular complexity index is 1240. The molecular formula is C21H20N6O5. The van der Waals surface area contributed by atoms with E-state index in [1.165, 1.54) is 18.2 Å². The van der Waals surface area contributed by atoms with Gasteiger partial charge in [0.25, 0.3) is 5.91 Å². The molecule has 0 unspecified atom stereocenters. The van der Waals surface area contributed by atoms with Gasteiger partial charge in [0.1, 0.15) is 12.4 Å². The van der Waals surface area contributed by atoms with E-state index in [-0.39, 0.29) is 23.8 Å². The van der Waals surface area contributed by atoms with Crippen LogP contribution in [0.2, 0.25) is 0 Å². The Balaban J connectivity index is 1.34. The molecule has 1 N–H and O–H groups in total. The van der Waals surface area contributed by atoms with Crippen LogP contribution in [0.15, 0.2) is 65.6 Å². The fourth-order valence-corrected chi connectivity index (χ4v) is 3.01. The van der Waals surface area contributed by atoms with E-state index in [2.05, 4.69) is 15.5 Å². The normalized spacial score (nSPS) is 10.8. The first-order chi connectivity index (χ1) is 15.5. The van der Waals surface area contributed by atoms with Crippen molar-refractivity contribution in [1.29, 1.82) is 0 Å². The standard InChI is InChI=1S/C21H20N6O5/c1-2-25-11-15(9-22-25)12-26-13-16(10-23-26)24-21(28)20-8-7-17(32-20)14-31-19-6-4-3-5-18(19)27(29)30/h3-11,13H,2,12,14H2,1H3,(H,24,28). The molecule has 11 nitrogen and oxygen atoms in total. The summed E-state index contributed by atoms with van der Waals surface area (Å²) in [6, 6.07) is 9.14. The van der Waals surface area contributed by atoms with E-state index in [4.69, 9.17) is 9.15 Å². The van der Waals surface area contributed by atoms with Gasteiger partial charge in [-0.2, -0.15) is 10.2 Å². The molecule has 0 radical (unpaired) electrons. The number of ether oxygens (including phenoxy) is 1. The quantitative estimate of drug-likeness (QED) is 0.314. The predicted molar refractivity (Wildman–Crippen MR) is 113 cm³/mol. The number of nitro groups is 1. The third kappa shape index (κ3) is 4.83. The number of nitro benzene ring substituents is 1. The van der Waals surface area contributed by atoms with Gasteiger partial charge in [-0.3, -0.25) is 24.3 Å². The molecule has 11 heteroatoms. The SMILES string of the molecule is CCn1cc(Cn2cc(NC(=O)c3ccc(COc4ccccc4[N+](=O)[O-])o3)cn2)cn1. The molecule has 1 aromatic carbocycles. The number of aryl methyl sites for hydroxylation is 1. The number of aromatic nitrogens is 4. The minimum atomic E-state index is -0.521. The van der Waals surface area contributed by atoms with E-state index < -0.39 is 10.8 Å². The zero-order valence-corrected chi connectivity index (χ0v) is 17.2. The van der Waals surface area contributed by atoms with Crippen LogP contribution in [0.1, 0.15) is 28.8 Å². The maximum absolute atomic E-state index is 12.5. The van der Waals surface area contributed by atoms with Gasteiger partial charge >= 0.3 is 5.69 Å². The molecule has 3 aromatic heterocycles. The highest BCUT2D eigenvalue weighted by Gasteiger charge is 2.16. The van der Waals surface area contributed by atoms with Gasteiger partial charge in [-0.1, -0.05) is 12.1 Å². The second kappa shape index (κ2) is 9.16. The fourth-order valence-electron chi connectivity index (χ4n) is 3.01. The molecule has 4 aromatic rings. The van der Waals surface area contributed by atoms with Crippen molar-refractivity contribution in [2.24, 2.45) is 0 Å². The molecule has 0 aliphatic carbocycles. The molecule has 0 fully saturated rings. The largest absolute Gasteiger partial charge is 0.479 e. The Morgan fingerprint density at radius 3 is 2.75 bits per heavy atom. The lowest BCUT2D eigenvalue weighted by molar-refractivity contribution is -0.386. The second-order valence-corrected chi connectivity index (χ2v) is 6.86. The highest BCUT2D eigenvalue weighted by Crippen LogP contribution is 2.27. The first-order valence-corrected chi connectivity index (χ1v) is 9.82. The number of furan rings is 1. The third-order valence-corrected chi connectivity index (χ3v) is 4.56. The number of hydrogen-bond acceptors (Lipinski definition) is 7. The van der Waals surface area contributed by atoms with Gasteiger partial charge in [-0.15, -0.1) is 0 Å². The summed E-state index contributed by atoms with van der Waals surface area (Å²) in [6.07, 6.45) is 6.97. The van der Waals surface area contributed by atoms with Crippen LogP contribution in [0.4, 0.5) is 11.4 Å². The van der Waals surface area contributed by atoms with Gasteiger partial charge in [0.05, 0.1) is 29.5 Å². The summed E-state index contributed by atoms with van der Waals surface area (Å²) in [4.78, 5) is 23.0. The minimum absolute atomic E-state index is 0.0541. The van der Waals surface area contributed by atoms with E-state index in [0.29, 0.717) is 18.0 Å². The first-order valence-electron chi connectivity index (χ1n) is 9.82. The summed E-state index contributed by atoms with van der Waals surface area (Å²) in [5, 5.41) is 22.3. The fraction of sp³-hybridized carbons (Fsp3) is 0.190. The van der Waals surface area contributed by atoms with Crippen molar-refractivity contribution in [1.82, 2.24) is 19.6 Å². The molecule has 0 aliphatic heterocycles. The zero-order chi connectivity index (χ0) is 22.5. The average molecular weight is 436 g/mol. The molecule has 32 heavy (non-hydrogen) atoms. The average Bonchev–Trinajstić information content (AvgIpc) is 3.54. The number of anilines is 1. The molecule has 3 heterocycles. The van der Waals surface area contributed by atoms with E-state index in [1.54, 1.807) is 41.5 Å². The van der Waals surface area contributed by atoms with E-state index in [9.17, 15) is 14.9 Å². The maximum atomic E-state index is 12.5. The monoisotopic (exact) mass is 436 g/mol. The molecular weight excluding hydrogens is 416 g/mol. The van der Waals surface area contributed by atoms with Crippen molar-refractivity contribution in [2.45, 2.75) is 26.6 Å². The molecule has 0 spiro atoms. The number of nitrogens with zero attached hydrogens (tertiary/aromatic N) is 5. The number of nitrogens with one attached hydrogen (secondary N) is 1. The van der Waals surface area contributed by atoms with Crippen LogP contribution in [-0.2, 0) is 19.7 Å². The molecule has 0 atom stereocenters. The molecule has 0 saturated carbocycles. The zero-order valence-electron chi connectivity index (χ0n) is 17.2. The summed E-state index contributed by atoms with van der Waals surface area (Å²) in [5.41, 5.74) is 1.38. The Kier molecular flexibility index (Phi) is 5.97. The number of amides is 1. The van der Waals surface area contributed by atoms with Crippen molar-refractivity contribution in [3.05, 3.63) is 88.4 Å². The van der Waals surface area contributed by atoms with Gasteiger partial charge in [0, 0.05) is 30.6 Å². The number of hydrogen-bond donors (Lipinski definition) is 1. The van der Waals surface area contributed by atoms with Crippen LogP contribution in [-0.4, -0.2) is 30.4 Å². The first kappa shape index (κ1) is 20.8. The van der Waals surface area contributed by atoms with Gasteiger partial charge in [0.15, 0.2) is 11.5 Å². The van der Waals surface area contributed by atoms with Crippen LogP contribution in [0.3, 0.4) is 0 Å². The molecule has 0 bridgehead atoms. The summed E-state index contributed by atoms with van der Waals surface area (Å²) in [7, 11) is 0. The topological polar surface area (TPSA) is 130 Å². The van der Waals surface area contributed by atoms with Crippen molar-refractivity contribution in [2.75, 3.05) is 5.32 Å². The van der Waals surface area contributed by atoms with Crippen LogP contribution in [0, 0.1) is 10.1 Å². The van der Waals surface area contributed by atoms with Crippen LogP contribution < -0.4 is 10.1 Å². The molecule has 164 valence electrons. The Labute approximate surface area is 182 Å². The number of carbonyl (C=O) groups excluding carboxylic acids is 1. The highest BCUT2D eigenvalue weighted by atomic mass is 16.6. The third-order valence-electron chi connectivity index (χ3n) is 4.56. The van der Waals surface area contributed by atoms with E-state index in [0.717, 1.165) is 12.1 Å². The predicted octanol–water partition coefficient (Wildman–Crippen LogP) is 3.48. The molecule has 4 rings (SSSR count). The van der Waals surface area contributed by atoms with Crippen LogP contribution in [0.5, 0.6) is 5.75 Å². The van der Waals surface area contributed by atoms with Gasteiger partial charge in [0.2, 0.25) is 0 Å². The second-order valence-electron chi connectivity index (χ2n) is 6.86. The maximum Gasteiger partial charge on any atom is 0.310 e. The van der Waals surface area contributed by atoms with Crippen LogP contribution in [0.25, 0.3) is 0 Å². The summed E-state index contributed by atoms with van der Waals surface area (Å²) >= 11 is 0. The van der Waals surface area contributed by atoms with Gasteiger partial charge in [-0.05, 0) is 25.1 Å².